The van der Waals surface area contributed by atoms with Gasteiger partial charge in [0, 0.05) is 5.56 Å². The molecule has 0 spiro atoms. The first kappa shape index (κ1) is 21.5. The maximum absolute atomic E-state index is 12.3. The topological polar surface area (TPSA) is 116 Å². The van der Waals surface area contributed by atoms with E-state index in [0.29, 0.717) is 35.0 Å². The zero-order chi connectivity index (χ0) is 21.2. The zero-order valence-corrected chi connectivity index (χ0v) is 16.3. The van der Waals surface area contributed by atoms with Crippen molar-refractivity contribution in [2.75, 3.05) is 27.4 Å². The monoisotopic (exact) mass is 402 g/mol. The summed E-state index contributed by atoms with van der Waals surface area (Å²) in [6.07, 6.45) is 1.42. The Bertz CT molecular complexity index is 896. The standard InChI is InChI=1S/C20H22N2O7/c1-4-28-15-8-6-14(10-18(15)27-3)20(25)22-21-11-13-5-7-16(17(9-13)26-2)29-12-19(23)24/h5-11H,4,12H2,1-3H3,(H,22,25)(H,23,24)/b21-11+. The van der Waals surface area contributed by atoms with Crippen LogP contribution in [0.1, 0.15) is 22.8 Å². The van der Waals surface area contributed by atoms with Crippen LogP contribution in [0.4, 0.5) is 0 Å². The third kappa shape index (κ3) is 6.13. The average Bonchev–Trinajstić information content (AvgIpc) is 2.72. The third-order valence-corrected chi connectivity index (χ3v) is 3.64. The summed E-state index contributed by atoms with van der Waals surface area (Å²) >= 11 is 0. The molecule has 0 saturated carbocycles. The lowest BCUT2D eigenvalue weighted by Gasteiger charge is -2.10. The Kier molecular flexibility index (Phi) is 7.84. The second-order valence-electron chi connectivity index (χ2n) is 5.59. The smallest absolute Gasteiger partial charge is 0.341 e. The van der Waals surface area contributed by atoms with Gasteiger partial charge in [-0.2, -0.15) is 5.10 Å². The third-order valence-electron chi connectivity index (χ3n) is 3.64. The molecule has 1 amide bonds. The van der Waals surface area contributed by atoms with E-state index >= 15 is 0 Å². The van der Waals surface area contributed by atoms with E-state index in [-0.39, 0.29) is 5.75 Å². The molecule has 2 aromatic rings. The highest BCUT2D eigenvalue weighted by molar-refractivity contribution is 5.95. The number of carboxylic acid groups (broad SMARTS) is 1. The van der Waals surface area contributed by atoms with E-state index in [1.165, 1.54) is 20.4 Å². The highest BCUT2D eigenvalue weighted by atomic mass is 16.5. The van der Waals surface area contributed by atoms with Gasteiger partial charge in [0.1, 0.15) is 0 Å². The van der Waals surface area contributed by atoms with E-state index in [1.54, 1.807) is 36.4 Å². The van der Waals surface area contributed by atoms with E-state index in [0.717, 1.165) is 0 Å². The van der Waals surface area contributed by atoms with Gasteiger partial charge in [-0.1, -0.05) is 0 Å². The first-order valence-corrected chi connectivity index (χ1v) is 8.65. The Hall–Kier alpha value is -3.75. The maximum Gasteiger partial charge on any atom is 0.341 e. The summed E-state index contributed by atoms with van der Waals surface area (Å²) in [5.41, 5.74) is 3.41. The molecule has 0 atom stereocenters. The molecule has 0 fully saturated rings. The lowest BCUT2D eigenvalue weighted by molar-refractivity contribution is -0.139. The zero-order valence-electron chi connectivity index (χ0n) is 16.3. The van der Waals surface area contributed by atoms with E-state index in [2.05, 4.69) is 10.5 Å². The van der Waals surface area contributed by atoms with Crippen LogP contribution in [0, 0.1) is 0 Å². The second kappa shape index (κ2) is 10.5. The summed E-state index contributed by atoms with van der Waals surface area (Å²) in [6, 6.07) is 9.63. The van der Waals surface area contributed by atoms with Crippen LogP contribution in [0.25, 0.3) is 0 Å². The van der Waals surface area contributed by atoms with Crippen molar-refractivity contribution in [3.05, 3.63) is 47.5 Å². The van der Waals surface area contributed by atoms with Gasteiger partial charge >= 0.3 is 5.97 Å². The van der Waals surface area contributed by atoms with Crippen molar-refractivity contribution in [1.82, 2.24) is 5.43 Å². The molecule has 29 heavy (non-hydrogen) atoms. The van der Waals surface area contributed by atoms with Gasteiger partial charge in [-0.25, -0.2) is 10.2 Å². The van der Waals surface area contributed by atoms with Crippen molar-refractivity contribution in [1.29, 1.82) is 0 Å². The molecule has 0 unspecified atom stereocenters. The molecule has 0 heterocycles. The minimum Gasteiger partial charge on any atom is -0.493 e. The van der Waals surface area contributed by atoms with Crippen LogP contribution >= 0.6 is 0 Å². The molecule has 0 aromatic heterocycles. The molecule has 0 aliphatic rings. The van der Waals surface area contributed by atoms with Crippen molar-refractivity contribution in [2.45, 2.75) is 6.92 Å². The van der Waals surface area contributed by atoms with E-state index in [4.69, 9.17) is 24.1 Å². The number of hydrogen-bond acceptors (Lipinski definition) is 7. The molecule has 0 aliphatic heterocycles. The molecule has 0 bridgehead atoms. The van der Waals surface area contributed by atoms with Gasteiger partial charge < -0.3 is 24.1 Å². The number of aliphatic carboxylic acids is 1. The number of carbonyl (C=O) groups is 2. The Morgan fingerprint density at radius 2 is 1.66 bits per heavy atom. The number of hydrazone groups is 1. The fourth-order valence-corrected chi connectivity index (χ4v) is 2.34. The number of hydrogen-bond donors (Lipinski definition) is 2. The molecule has 0 radical (unpaired) electrons. The van der Waals surface area contributed by atoms with Crippen molar-refractivity contribution in [3.63, 3.8) is 0 Å². The second-order valence-corrected chi connectivity index (χ2v) is 5.59. The molecule has 0 saturated heterocycles. The molecular formula is C20H22N2O7. The largest absolute Gasteiger partial charge is 0.493 e. The number of ether oxygens (including phenoxy) is 4. The molecule has 2 rings (SSSR count). The maximum atomic E-state index is 12.3. The predicted octanol–water partition coefficient (Wildman–Crippen LogP) is 2.33. The van der Waals surface area contributed by atoms with Crippen LogP contribution in [0.15, 0.2) is 41.5 Å². The van der Waals surface area contributed by atoms with Crippen LogP contribution < -0.4 is 24.4 Å². The lowest BCUT2D eigenvalue weighted by Crippen LogP contribution is -2.17. The number of amides is 1. The van der Waals surface area contributed by atoms with Gasteiger partial charge in [-0.15, -0.1) is 0 Å². The molecule has 154 valence electrons. The first-order valence-electron chi connectivity index (χ1n) is 8.65. The van der Waals surface area contributed by atoms with Gasteiger partial charge in [0.2, 0.25) is 0 Å². The minimum absolute atomic E-state index is 0.289. The fraction of sp³-hybridized carbons (Fsp3) is 0.250. The molecule has 2 N–H and O–H groups in total. The molecule has 9 nitrogen and oxygen atoms in total. The van der Waals surface area contributed by atoms with Crippen molar-refractivity contribution < 1.29 is 33.6 Å². The van der Waals surface area contributed by atoms with Crippen molar-refractivity contribution in [2.24, 2.45) is 5.10 Å². The van der Waals surface area contributed by atoms with E-state index in [9.17, 15) is 9.59 Å². The number of benzene rings is 2. The Balaban J connectivity index is 2.05. The van der Waals surface area contributed by atoms with E-state index in [1.807, 2.05) is 6.92 Å². The molecule has 9 heteroatoms. The van der Waals surface area contributed by atoms with Crippen LogP contribution in [0.3, 0.4) is 0 Å². The summed E-state index contributed by atoms with van der Waals surface area (Å²) in [4.78, 5) is 22.9. The summed E-state index contributed by atoms with van der Waals surface area (Å²) in [5.74, 6) is 0.121. The van der Waals surface area contributed by atoms with Gasteiger partial charge in [-0.3, -0.25) is 4.79 Å². The molecular weight excluding hydrogens is 380 g/mol. The van der Waals surface area contributed by atoms with Crippen LogP contribution in [0.5, 0.6) is 23.0 Å². The number of nitrogens with one attached hydrogen (secondary N) is 1. The van der Waals surface area contributed by atoms with Crippen LogP contribution in [-0.4, -0.2) is 50.6 Å². The number of carboxylic acids is 1. The summed E-state index contributed by atoms with van der Waals surface area (Å²) in [6.45, 7) is 1.86. The normalized spacial score (nSPS) is 10.4. The fourth-order valence-electron chi connectivity index (χ4n) is 2.34. The Labute approximate surface area is 167 Å². The summed E-state index contributed by atoms with van der Waals surface area (Å²) in [5, 5.41) is 12.6. The number of carbonyl (C=O) groups excluding carboxylic acids is 1. The number of rotatable bonds is 10. The van der Waals surface area contributed by atoms with Crippen molar-refractivity contribution in [3.8, 4) is 23.0 Å². The molecule has 0 aliphatic carbocycles. The Morgan fingerprint density at radius 1 is 1.00 bits per heavy atom. The highest BCUT2D eigenvalue weighted by Gasteiger charge is 2.11. The number of methoxy groups -OCH3 is 2. The average molecular weight is 402 g/mol. The van der Waals surface area contributed by atoms with Crippen molar-refractivity contribution >= 4 is 18.1 Å². The molecule has 2 aromatic carbocycles. The summed E-state index contributed by atoms with van der Waals surface area (Å²) < 4.78 is 21.0. The minimum atomic E-state index is -1.09. The predicted molar refractivity (Wildman–Crippen MR) is 105 cm³/mol. The van der Waals surface area contributed by atoms with Crippen LogP contribution in [0.2, 0.25) is 0 Å². The SMILES string of the molecule is CCOc1ccc(C(=O)N/N=C/c2ccc(OCC(=O)O)c(OC)c2)cc1OC. The Morgan fingerprint density at radius 3 is 2.31 bits per heavy atom. The summed E-state index contributed by atoms with van der Waals surface area (Å²) in [7, 11) is 2.93. The van der Waals surface area contributed by atoms with E-state index < -0.39 is 18.5 Å². The first-order chi connectivity index (χ1) is 14.0. The lowest BCUT2D eigenvalue weighted by atomic mass is 10.2. The van der Waals surface area contributed by atoms with Gasteiger partial charge in [-0.05, 0) is 48.9 Å². The quantitative estimate of drug-likeness (QED) is 0.463. The van der Waals surface area contributed by atoms with Gasteiger partial charge in [0.05, 0.1) is 27.0 Å². The van der Waals surface area contributed by atoms with Gasteiger partial charge in [0.15, 0.2) is 29.6 Å². The highest BCUT2D eigenvalue weighted by Crippen LogP contribution is 2.28. The van der Waals surface area contributed by atoms with Gasteiger partial charge in [0.25, 0.3) is 5.91 Å². The van der Waals surface area contributed by atoms with Crippen LogP contribution in [-0.2, 0) is 4.79 Å². The number of nitrogens with zero attached hydrogens (tertiary/aromatic N) is 1.